The fraction of sp³-hybridized carbons (Fsp3) is 0.800. The zero-order valence-corrected chi connectivity index (χ0v) is 7.67. The van der Waals surface area contributed by atoms with Crippen LogP contribution in [0.5, 0.6) is 0 Å². The summed E-state index contributed by atoms with van der Waals surface area (Å²) in [7, 11) is 0. The van der Waals surface area contributed by atoms with E-state index in [4.69, 9.17) is 10.5 Å². The maximum atomic E-state index is 5.91. The Morgan fingerprint density at radius 1 is 1.67 bits per heavy atom. The molecule has 1 fully saturated rings. The summed E-state index contributed by atoms with van der Waals surface area (Å²) < 4.78 is 5.50. The van der Waals surface area contributed by atoms with Crippen LogP contribution in [0.1, 0.15) is 32.1 Å². The second-order valence-corrected chi connectivity index (χ2v) is 3.50. The van der Waals surface area contributed by atoms with Crippen molar-refractivity contribution in [2.24, 2.45) is 5.73 Å². The Hall–Kier alpha value is -0.340. The molecular formula is C10H19NO. The van der Waals surface area contributed by atoms with Crippen LogP contribution in [0.4, 0.5) is 0 Å². The molecule has 1 aliphatic rings. The molecule has 70 valence electrons. The van der Waals surface area contributed by atoms with E-state index in [1.807, 2.05) is 6.08 Å². The minimum absolute atomic E-state index is 0.297. The van der Waals surface area contributed by atoms with Gasteiger partial charge in [0, 0.05) is 12.6 Å². The van der Waals surface area contributed by atoms with Crippen LogP contribution in [0.3, 0.4) is 0 Å². The average molecular weight is 169 g/mol. The fourth-order valence-electron chi connectivity index (χ4n) is 1.62. The Morgan fingerprint density at radius 3 is 3.08 bits per heavy atom. The topological polar surface area (TPSA) is 35.2 Å². The molecule has 0 amide bonds. The highest BCUT2D eigenvalue weighted by Crippen LogP contribution is 2.17. The average Bonchev–Trinajstić information content (AvgIpc) is 2.53. The lowest BCUT2D eigenvalue weighted by atomic mass is 10.0. The molecule has 2 unspecified atom stereocenters. The van der Waals surface area contributed by atoms with E-state index in [0.29, 0.717) is 12.1 Å². The first-order valence-corrected chi connectivity index (χ1v) is 4.81. The van der Waals surface area contributed by atoms with Crippen molar-refractivity contribution in [3.05, 3.63) is 12.7 Å². The van der Waals surface area contributed by atoms with Gasteiger partial charge in [-0.15, -0.1) is 6.58 Å². The first-order valence-electron chi connectivity index (χ1n) is 4.81. The lowest BCUT2D eigenvalue weighted by Gasteiger charge is -2.14. The monoisotopic (exact) mass is 169 g/mol. The Morgan fingerprint density at radius 2 is 2.50 bits per heavy atom. The van der Waals surface area contributed by atoms with E-state index in [-0.39, 0.29) is 0 Å². The van der Waals surface area contributed by atoms with Crippen molar-refractivity contribution in [2.45, 2.75) is 44.2 Å². The molecule has 1 saturated heterocycles. The van der Waals surface area contributed by atoms with Gasteiger partial charge in [-0.1, -0.05) is 6.08 Å². The molecule has 0 aliphatic carbocycles. The lowest BCUT2D eigenvalue weighted by Crippen LogP contribution is -2.25. The molecule has 0 bridgehead atoms. The normalized spacial score (nSPS) is 25.6. The van der Waals surface area contributed by atoms with E-state index < -0.39 is 0 Å². The third-order valence-corrected chi connectivity index (χ3v) is 2.33. The minimum Gasteiger partial charge on any atom is -0.378 e. The number of allylic oxidation sites excluding steroid dienone is 1. The van der Waals surface area contributed by atoms with Gasteiger partial charge in [0.05, 0.1) is 6.10 Å². The molecule has 1 heterocycles. The first kappa shape index (κ1) is 9.75. The van der Waals surface area contributed by atoms with Crippen LogP contribution >= 0.6 is 0 Å². The maximum Gasteiger partial charge on any atom is 0.0590 e. The van der Waals surface area contributed by atoms with Crippen LogP contribution in [0, 0.1) is 0 Å². The Balaban J connectivity index is 2.07. The van der Waals surface area contributed by atoms with Crippen molar-refractivity contribution in [1.82, 2.24) is 0 Å². The summed E-state index contributed by atoms with van der Waals surface area (Å²) in [4.78, 5) is 0. The van der Waals surface area contributed by atoms with Gasteiger partial charge in [-0.3, -0.25) is 0 Å². The van der Waals surface area contributed by atoms with Gasteiger partial charge in [-0.05, 0) is 32.1 Å². The van der Waals surface area contributed by atoms with Crippen LogP contribution in [-0.2, 0) is 4.74 Å². The SMILES string of the molecule is C=CCCC(N)CC1CCCO1. The molecular weight excluding hydrogens is 150 g/mol. The summed E-state index contributed by atoms with van der Waals surface area (Å²) in [6, 6.07) is 0.297. The summed E-state index contributed by atoms with van der Waals surface area (Å²) in [6.07, 6.45) is 7.85. The van der Waals surface area contributed by atoms with Crippen molar-refractivity contribution in [2.75, 3.05) is 6.61 Å². The molecule has 2 N–H and O–H groups in total. The number of hydrogen-bond donors (Lipinski definition) is 1. The highest BCUT2D eigenvalue weighted by Gasteiger charge is 2.17. The lowest BCUT2D eigenvalue weighted by molar-refractivity contribution is 0.0976. The summed E-state index contributed by atoms with van der Waals surface area (Å²) in [6.45, 7) is 4.61. The van der Waals surface area contributed by atoms with Crippen LogP contribution < -0.4 is 5.73 Å². The third-order valence-electron chi connectivity index (χ3n) is 2.33. The van der Waals surface area contributed by atoms with Crippen LogP contribution in [0.2, 0.25) is 0 Å². The van der Waals surface area contributed by atoms with Gasteiger partial charge in [0.15, 0.2) is 0 Å². The Labute approximate surface area is 74.8 Å². The predicted octanol–water partition coefficient (Wildman–Crippen LogP) is 1.85. The molecule has 0 radical (unpaired) electrons. The highest BCUT2D eigenvalue weighted by molar-refractivity contribution is 4.76. The summed E-state index contributed by atoms with van der Waals surface area (Å²) >= 11 is 0. The molecule has 2 nitrogen and oxygen atoms in total. The Bertz CT molecular complexity index is 130. The Kier molecular flexibility index (Phi) is 4.33. The van der Waals surface area contributed by atoms with E-state index >= 15 is 0 Å². The van der Waals surface area contributed by atoms with E-state index in [2.05, 4.69) is 6.58 Å². The molecule has 12 heavy (non-hydrogen) atoms. The van der Waals surface area contributed by atoms with Crippen LogP contribution in [0.25, 0.3) is 0 Å². The molecule has 1 rings (SSSR count). The van der Waals surface area contributed by atoms with E-state index in [1.165, 1.54) is 12.8 Å². The molecule has 1 aliphatic heterocycles. The standard InChI is InChI=1S/C10H19NO/c1-2-3-5-9(11)8-10-6-4-7-12-10/h2,9-10H,1,3-8,11H2. The number of rotatable bonds is 5. The van der Waals surface area contributed by atoms with E-state index in [0.717, 1.165) is 25.9 Å². The summed E-state index contributed by atoms with van der Waals surface area (Å²) in [5.74, 6) is 0. The molecule has 0 aromatic heterocycles. The van der Waals surface area contributed by atoms with Gasteiger partial charge in [-0.25, -0.2) is 0 Å². The van der Waals surface area contributed by atoms with Crippen LogP contribution in [-0.4, -0.2) is 18.8 Å². The first-order chi connectivity index (χ1) is 5.83. The minimum atomic E-state index is 0.297. The van der Waals surface area contributed by atoms with Crippen molar-refractivity contribution in [3.63, 3.8) is 0 Å². The molecule has 0 spiro atoms. The quantitative estimate of drug-likeness (QED) is 0.637. The zero-order valence-electron chi connectivity index (χ0n) is 7.67. The number of nitrogens with two attached hydrogens (primary N) is 1. The highest BCUT2D eigenvalue weighted by atomic mass is 16.5. The molecule has 0 aromatic rings. The second-order valence-electron chi connectivity index (χ2n) is 3.50. The zero-order chi connectivity index (χ0) is 8.81. The van der Waals surface area contributed by atoms with Gasteiger partial charge < -0.3 is 10.5 Å². The van der Waals surface area contributed by atoms with Crippen molar-refractivity contribution < 1.29 is 4.74 Å². The predicted molar refractivity (Wildman–Crippen MR) is 51.0 cm³/mol. The van der Waals surface area contributed by atoms with Gasteiger partial charge in [0.2, 0.25) is 0 Å². The van der Waals surface area contributed by atoms with Gasteiger partial charge in [0.1, 0.15) is 0 Å². The van der Waals surface area contributed by atoms with Crippen molar-refractivity contribution in [3.8, 4) is 0 Å². The van der Waals surface area contributed by atoms with E-state index in [9.17, 15) is 0 Å². The van der Waals surface area contributed by atoms with Gasteiger partial charge >= 0.3 is 0 Å². The summed E-state index contributed by atoms with van der Waals surface area (Å²) in [5, 5.41) is 0. The van der Waals surface area contributed by atoms with Crippen molar-refractivity contribution in [1.29, 1.82) is 0 Å². The second kappa shape index (κ2) is 5.33. The largest absolute Gasteiger partial charge is 0.378 e. The molecule has 2 atom stereocenters. The molecule has 0 aromatic carbocycles. The number of ether oxygens (including phenoxy) is 1. The smallest absolute Gasteiger partial charge is 0.0590 e. The van der Waals surface area contributed by atoms with Crippen LogP contribution in [0.15, 0.2) is 12.7 Å². The third kappa shape index (κ3) is 3.37. The van der Waals surface area contributed by atoms with E-state index in [1.54, 1.807) is 0 Å². The number of hydrogen-bond acceptors (Lipinski definition) is 2. The molecule has 0 saturated carbocycles. The summed E-state index contributed by atoms with van der Waals surface area (Å²) in [5.41, 5.74) is 5.91. The van der Waals surface area contributed by atoms with Gasteiger partial charge in [0.25, 0.3) is 0 Å². The molecule has 2 heteroatoms. The fourth-order valence-corrected chi connectivity index (χ4v) is 1.62. The maximum absolute atomic E-state index is 5.91. The van der Waals surface area contributed by atoms with Crippen molar-refractivity contribution >= 4 is 0 Å². The van der Waals surface area contributed by atoms with Gasteiger partial charge in [-0.2, -0.15) is 0 Å².